The van der Waals surface area contributed by atoms with Gasteiger partial charge in [-0.2, -0.15) is 0 Å². The van der Waals surface area contributed by atoms with Gasteiger partial charge in [0, 0.05) is 18.7 Å². The SMILES string of the molecule is CCC(C)C(O)CNC/C=C/c1ccccc1OC. The first-order chi connectivity index (χ1) is 9.19. The molecule has 0 aromatic heterocycles. The van der Waals surface area contributed by atoms with Crippen molar-refractivity contribution in [3.63, 3.8) is 0 Å². The fourth-order valence-electron chi connectivity index (χ4n) is 1.78. The van der Waals surface area contributed by atoms with Gasteiger partial charge in [0.25, 0.3) is 0 Å². The number of rotatable bonds is 8. The summed E-state index contributed by atoms with van der Waals surface area (Å²) in [5, 5.41) is 13.0. The minimum atomic E-state index is -0.273. The molecular formula is C16H25NO2. The summed E-state index contributed by atoms with van der Waals surface area (Å²) >= 11 is 0. The molecule has 3 heteroatoms. The fourth-order valence-corrected chi connectivity index (χ4v) is 1.78. The summed E-state index contributed by atoms with van der Waals surface area (Å²) in [6.45, 7) is 5.53. The van der Waals surface area contributed by atoms with Crippen molar-refractivity contribution in [2.75, 3.05) is 20.2 Å². The van der Waals surface area contributed by atoms with Crippen LogP contribution in [-0.4, -0.2) is 31.4 Å². The number of hydrogen-bond acceptors (Lipinski definition) is 3. The second kappa shape index (κ2) is 8.73. The number of benzene rings is 1. The van der Waals surface area contributed by atoms with E-state index in [0.717, 1.165) is 24.3 Å². The molecule has 0 aliphatic carbocycles. The molecule has 0 amide bonds. The van der Waals surface area contributed by atoms with Crippen LogP contribution in [0.15, 0.2) is 30.3 Å². The fraction of sp³-hybridized carbons (Fsp3) is 0.500. The zero-order valence-electron chi connectivity index (χ0n) is 12.1. The Morgan fingerprint density at radius 1 is 1.37 bits per heavy atom. The van der Waals surface area contributed by atoms with E-state index in [9.17, 15) is 5.11 Å². The lowest BCUT2D eigenvalue weighted by atomic mass is 10.0. The summed E-state index contributed by atoms with van der Waals surface area (Å²) in [7, 11) is 1.67. The quantitative estimate of drug-likeness (QED) is 0.709. The van der Waals surface area contributed by atoms with Gasteiger partial charge >= 0.3 is 0 Å². The highest BCUT2D eigenvalue weighted by atomic mass is 16.5. The third-order valence-corrected chi connectivity index (χ3v) is 3.35. The largest absolute Gasteiger partial charge is 0.496 e. The molecule has 2 unspecified atom stereocenters. The molecule has 2 N–H and O–H groups in total. The minimum absolute atomic E-state index is 0.273. The van der Waals surface area contributed by atoms with Crippen molar-refractivity contribution in [1.82, 2.24) is 5.32 Å². The van der Waals surface area contributed by atoms with Gasteiger partial charge in [0.15, 0.2) is 0 Å². The van der Waals surface area contributed by atoms with E-state index in [-0.39, 0.29) is 6.10 Å². The lowest BCUT2D eigenvalue weighted by Gasteiger charge is -2.16. The molecule has 1 rings (SSSR count). The molecular weight excluding hydrogens is 238 g/mol. The average molecular weight is 263 g/mol. The summed E-state index contributed by atoms with van der Waals surface area (Å²) in [5.74, 6) is 1.21. The standard InChI is InChI=1S/C16H25NO2/c1-4-13(2)15(18)12-17-11-7-9-14-8-5-6-10-16(14)19-3/h5-10,13,15,17-18H,4,11-12H2,1-3H3/b9-7+. The predicted molar refractivity (Wildman–Crippen MR) is 80.4 cm³/mol. The van der Waals surface area contributed by atoms with Crippen molar-refractivity contribution >= 4 is 6.08 Å². The van der Waals surface area contributed by atoms with Crippen molar-refractivity contribution in [1.29, 1.82) is 0 Å². The second-order valence-corrected chi connectivity index (χ2v) is 4.76. The van der Waals surface area contributed by atoms with E-state index in [1.54, 1.807) is 7.11 Å². The van der Waals surface area contributed by atoms with Crippen LogP contribution >= 0.6 is 0 Å². The van der Waals surface area contributed by atoms with Crippen LogP contribution in [0.1, 0.15) is 25.8 Å². The van der Waals surface area contributed by atoms with E-state index >= 15 is 0 Å². The third kappa shape index (κ3) is 5.45. The molecule has 3 nitrogen and oxygen atoms in total. The number of aliphatic hydroxyl groups is 1. The first-order valence-corrected chi connectivity index (χ1v) is 6.87. The lowest BCUT2D eigenvalue weighted by Crippen LogP contribution is -2.31. The van der Waals surface area contributed by atoms with Gasteiger partial charge in [-0.15, -0.1) is 0 Å². The molecule has 19 heavy (non-hydrogen) atoms. The first kappa shape index (κ1) is 15.7. The molecule has 0 bridgehead atoms. The van der Waals surface area contributed by atoms with E-state index in [1.807, 2.05) is 36.4 Å². The molecule has 0 heterocycles. The summed E-state index contributed by atoms with van der Waals surface area (Å²) in [6.07, 6.45) is 4.80. The molecule has 0 aliphatic rings. The molecule has 0 fully saturated rings. The van der Waals surface area contributed by atoms with Crippen molar-refractivity contribution in [2.45, 2.75) is 26.4 Å². The highest BCUT2D eigenvalue weighted by Gasteiger charge is 2.10. The van der Waals surface area contributed by atoms with Gasteiger partial charge in [-0.1, -0.05) is 50.6 Å². The summed E-state index contributed by atoms with van der Waals surface area (Å²) < 4.78 is 5.27. The maximum Gasteiger partial charge on any atom is 0.126 e. The molecule has 2 atom stereocenters. The Kier molecular flexibility index (Phi) is 7.23. The Morgan fingerprint density at radius 3 is 2.79 bits per heavy atom. The maximum absolute atomic E-state index is 9.81. The molecule has 1 aromatic carbocycles. The van der Waals surface area contributed by atoms with E-state index in [4.69, 9.17) is 4.74 Å². The summed E-state index contributed by atoms with van der Waals surface area (Å²) in [6, 6.07) is 7.91. The zero-order valence-corrected chi connectivity index (χ0v) is 12.1. The van der Waals surface area contributed by atoms with Gasteiger partial charge in [-0.3, -0.25) is 0 Å². The lowest BCUT2D eigenvalue weighted by molar-refractivity contribution is 0.114. The van der Waals surface area contributed by atoms with Crippen molar-refractivity contribution in [3.05, 3.63) is 35.9 Å². The van der Waals surface area contributed by atoms with Crippen LogP contribution in [0.5, 0.6) is 5.75 Å². The van der Waals surface area contributed by atoms with Gasteiger partial charge in [-0.25, -0.2) is 0 Å². The van der Waals surface area contributed by atoms with E-state index in [2.05, 4.69) is 19.2 Å². The normalized spacial score (nSPS) is 14.5. The van der Waals surface area contributed by atoms with Crippen LogP contribution in [0, 0.1) is 5.92 Å². The number of methoxy groups -OCH3 is 1. The van der Waals surface area contributed by atoms with E-state index in [0.29, 0.717) is 12.5 Å². The molecule has 0 radical (unpaired) electrons. The molecule has 0 spiro atoms. The Balaban J connectivity index is 2.34. The van der Waals surface area contributed by atoms with E-state index < -0.39 is 0 Å². The Labute approximate surface area is 116 Å². The molecule has 0 saturated carbocycles. The van der Waals surface area contributed by atoms with Gasteiger partial charge in [0.05, 0.1) is 13.2 Å². The number of aliphatic hydroxyl groups excluding tert-OH is 1. The Morgan fingerprint density at radius 2 is 2.11 bits per heavy atom. The molecule has 106 valence electrons. The van der Waals surface area contributed by atoms with Crippen LogP contribution in [0.25, 0.3) is 6.08 Å². The van der Waals surface area contributed by atoms with Gasteiger partial charge in [0.1, 0.15) is 5.75 Å². The zero-order chi connectivity index (χ0) is 14.1. The summed E-state index contributed by atoms with van der Waals surface area (Å²) in [5.41, 5.74) is 1.06. The molecule has 0 aliphatic heterocycles. The highest BCUT2D eigenvalue weighted by molar-refractivity contribution is 5.57. The minimum Gasteiger partial charge on any atom is -0.496 e. The van der Waals surface area contributed by atoms with Crippen LogP contribution < -0.4 is 10.1 Å². The van der Waals surface area contributed by atoms with Gasteiger partial charge in [-0.05, 0) is 12.0 Å². The van der Waals surface area contributed by atoms with Crippen LogP contribution in [0.3, 0.4) is 0 Å². The van der Waals surface area contributed by atoms with Gasteiger partial charge < -0.3 is 15.2 Å². The van der Waals surface area contributed by atoms with Crippen LogP contribution in [-0.2, 0) is 0 Å². The average Bonchev–Trinajstić information content (AvgIpc) is 2.46. The summed E-state index contributed by atoms with van der Waals surface area (Å²) in [4.78, 5) is 0. The van der Waals surface area contributed by atoms with Crippen molar-refractivity contribution in [3.8, 4) is 5.75 Å². The second-order valence-electron chi connectivity index (χ2n) is 4.76. The topological polar surface area (TPSA) is 41.5 Å². The number of hydrogen-bond donors (Lipinski definition) is 2. The van der Waals surface area contributed by atoms with E-state index in [1.165, 1.54) is 0 Å². The Bertz CT molecular complexity index is 390. The van der Waals surface area contributed by atoms with Crippen LogP contribution in [0.4, 0.5) is 0 Å². The van der Waals surface area contributed by atoms with Gasteiger partial charge in [0.2, 0.25) is 0 Å². The highest BCUT2D eigenvalue weighted by Crippen LogP contribution is 2.18. The number of ether oxygens (including phenoxy) is 1. The Hall–Kier alpha value is -1.32. The maximum atomic E-state index is 9.81. The number of para-hydroxylation sites is 1. The first-order valence-electron chi connectivity index (χ1n) is 6.87. The number of nitrogens with one attached hydrogen (secondary N) is 1. The monoisotopic (exact) mass is 263 g/mol. The van der Waals surface area contributed by atoms with Crippen molar-refractivity contribution in [2.24, 2.45) is 5.92 Å². The van der Waals surface area contributed by atoms with Crippen LogP contribution in [0.2, 0.25) is 0 Å². The predicted octanol–water partition coefficient (Wildman–Crippen LogP) is 2.71. The third-order valence-electron chi connectivity index (χ3n) is 3.35. The molecule has 1 aromatic rings. The van der Waals surface area contributed by atoms with Crippen molar-refractivity contribution < 1.29 is 9.84 Å². The molecule has 0 saturated heterocycles. The smallest absolute Gasteiger partial charge is 0.126 e.